The molecule has 0 aromatic heterocycles. The molecule has 10 heteroatoms. The molecule has 0 fully saturated rings. The summed E-state index contributed by atoms with van der Waals surface area (Å²) < 4.78 is 40.6. The molecule has 1 heterocycles. The number of hydrogen-bond acceptors (Lipinski definition) is 5. The Labute approximate surface area is 150 Å². The largest absolute Gasteiger partial charge is 0.438 e. The Balaban J connectivity index is 2.01. The molecule has 2 aromatic rings. The predicted molar refractivity (Wildman–Crippen MR) is 87.9 cm³/mol. The van der Waals surface area contributed by atoms with Gasteiger partial charge >= 0.3 is 6.18 Å². The molecule has 0 spiro atoms. The van der Waals surface area contributed by atoms with Gasteiger partial charge in [0.1, 0.15) is 0 Å². The second-order valence-corrected chi connectivity index (χ2v) is 5.82. The lowest BCUT2D eigenvalue weighted by Gasteiger charge is -2.32. The highest BCUT2D eigenvalue weighted by molar-refractivity contribution is 6.05. The van der Waals surface area contributed by atoms with Crippen molar-refractivity contribution in [3.05, 3.63) is 75.8 Å². The highest BCUT2D eigenvalue weighted by Crippen LogP contribution is 2.42. The molecule has 0 saturated carbocycles. The monoisotopic (exact) mass is 379 g/mol. The highest BCUT2D eigenvalue weighted by Gasteiger charge is 2.63. The third-order valence-electron chi connectivity index (χ3n) is 4.06. The lowest BCUT2D eigenvalue weighted by Crippen LogP contribution is -2.56. The van der Waals surface area contributed by atoms with Gasteiger partial charge in [-0.25, -0.2) is 0 Å². The van der Waals surface area contributed by atoms with Gasteiger partial charge in [0.05, 0.1) is 17.1 Å². The van der Waals surface area contributed by atoms with Crippen molar-refractivity contribution in [2.45, 2.75) is 18.3 Å². The van der Waals surface area contributed by atoms with Crippen LogP contribution in [0.15, 0.2) is 59.7 Å². The average Bonchev–Trinajstić information content (AvgIpc) is 3.01. The fraction of sp³-hybridized carbons (Fsp3) is 0.176. The van der Waals surface area contributed by atoms with Crippen LogP contribution in [-0.4, -0.2) is 38.6 Å². The zero-order valence-electron chi connectivity index (χ0n) is 13.6. The van der Waals surface area contributed by atoms with E-state index in [0.717, 1.165) is 24.3 Å². The van der Waals surface area contributed by atoms with Gasteiger partial charge in [-0.3, -0.25) is 14.9 Å². The normalized spacial score (nSPS) is 19.7. The first-order chi connectivity index (χ1) is 12.6. The van der Waals surface area contributed by atoms with Crippen molar-refractivity contribution in [3.63, 3.8) is 0 Å². The number of alkyl halides is 3. The molecule has 0 saturated heterocycles. The number of carbonyl (C=O) groups is 1. The van der Waals surface area contributed by atoms with Gasteiger partial charge in [0.2, 0.25) is 0 Å². The molecule has 0 aliphatic carbocycles. The molecule has 7 nitrogen and oxygen atoms in total. The Kier molecular flexibility index (Phi) is 4.44. The number of nitrogens with zero attached hydrogens (tertiary/aromatic N) is 3. The van der Waals surface area contributed by atoms with Crippen molar-refractivity contribution in [3.8, 4) is 0 Å². The number of nitro groups is 1. The number of hydrogen-bond donors (Lipinski definition) is 1. The molecular formula is C17H12F3N3O4. The molecule has 3 rings (SSSR count). The van der Waals surface area contributed by atoms with Crippen molar-refractivity contribution >= 4 is 17.3 Å². The maximum Gasteiger partial charge on any atom is 0.438 e. The number of carbonyl (C=O) groups excluding carboxylic acids is 1. The van der Waals surface area contributed by atoms with Crippen molar-refractivity contribution in [2.24, 2.45) is 5.10 Å². The van der Waals surface area contributed by atoms with Crippen LogP contribution in [0.5, 0.6) is 0 Å². The van der Waals surface area contributed by atoms with E-state index in [0.29, 0.717) is 5.56 Å². The van der Waals surface area contributed by atoms with E-state index >= 15 is 0 Å². The van der Waals surface area contributed by atoms with Gasteiger partial charge < -0.3 is 5.11 Å². The minimum Gasteiger partial charge on any atom is -0.362 e. The first-order valence-corrected chi connectivity index (χ1v) is 7.64. The van der Waals surface area contributed by atoms with Crippen molar-refractivity contribution < 1.29 is 28.0 Å². The molecule has 1 aliphatic heterocycles. The molecular weight excluding hydrogens is 367 g/mol. The number of aliphatic hydroxyl groups is 1. The lowest BCUT2D eigenvalue weighted by molar-refractivity contribution is -0.384. The van der Waals surface area contributed by atoms with Crippen molar-refractivity contribution in [1.29, 1.82) is 0 Å². The average molecular weight is 379 g/mol. The maximum absolute atomic E-state index is 13.5. The smallest absolute Gasteiger partial charge is 0.362 e. The number of halogens is 3. The summed E-state index contributed by atoms with van der Waals surface area (Å²) in [6.45, 7) is 0. The van der Waals surface area contributed by atoms with Gasteiger partial charge in [0, 0.05) is 17.7 Å². The zero-order valence-corrected chi connectivity index (χ0v) is 13.6. The quantitative estimate of drug-likeness (QED) is 0.655. The lowest BCUT2D eigenvalue weighted by atomic mass is 10.0. The molecule has 0 bridgehead atoms. The topological polar surface area (TPSA) is 96.0 Å². The van der Waals surface area contributed by atoms with E-state index in [1.165, 1.54) is 12.1 Å². The number of benzene rings is 2. The summed E-state index contributed by atoms with van der Waals surface area (Å²) in [4.78, 5) is 22.5. The fourth-order valence-electron chi connectivity index (χ4n) is 2.62. The Hall–Kier alpha value is -3.27. The van der Waals surface area contributed by atoms with Crippen LogP contribution < -0.4 is 0 Å². The first-order valence-electron chi connectivity index (χ1n) is 7.64. The molecule has 1 aliphatic rings. The summed E-state index contributed by atoms with van der Waals surface area (Å²) in [6, 6.07) is 11.8. The van der Waals surface area contributed by atoms with E-state index in [2.05, 4.69) is 5.10 Å². The summed E-state index contributed by atoms with van der Waals surface area (Å²) in [7, 11) is 0. The number of nitro benzene ring substituents is 1. The summed E-state index contributed by atoms with van der Waals surface area (Å²) >= 11 is 0. The van der Waals surface area contributed by atoms with E-state index < -0.39 is 29.2 Å². The standard InChI is InChI=1S/C17H12F3N3O4/c18-17(19,20)16(25)10-14(11-4-2-1-3-5-11)21-22(16)15(24)12-6-8-13(9-7-12)23(26)27/h1-9,25H,10H2. The summed E-state index contributed by atoms with van der Waals surface area (Å²) in [5.74, 6) is -1.23. The maximum atomic E-state index is 13.5. The van der Waals surface area contributed by atoms with Crippen molar-refractivity contribution in [2.75, 3.05) is 0 Å². The number of amides is 1. The van der Waals surface area contributed by atoms with Crippen LogP contribution in [0.2, 0.25) is 0 Å². The first kappa shape index (κ1) is 18.5. The van der Waals surface area contributed by atoms with Crippen LogP contribution in [-0.2, 0) is 0 Å². The third kappa shape index (κ3) is 3.26. The molecule has 1 atom stereocenters. The van der Waals surface area contributed by atoms with Crippen LogP contribution >= 0.6 is 0 Å². The molecule has 2 aromatic carbocycles. The molecule has 1 unspecified atom stereocenters. The van der Waals surface area contributed by atoms with Gasteiger partial charge in [-0.05, 0) is 17.7 Å². The minimum atomic E-state index is -5.16. The Morgan fingerprint density at radius 3 is 2.26 bits per heavy atom. The molecule has 1 N–H and O–H groups in total. The predicted octanol–water partition coefficient (Wildman–Crippen LogP) is 3.10. The fourth-order valence-corrected chi connectivity index (χ4v) is 2.62. The van der Waals surface area contributed by atoms with E-state index in [1.54, 1.807) is 18.2 Å². The molecule has 140 valence electrons. The van der Waals surface area contributed by atoms with Gasteiger partial charge in [0.15, 0.2) is 0 Å². The molecule has 1 amide bonds. The SMILES string of the molecule is O=C(c1ccc([N+](=O)[O-])cc1)N1N=C(c2ccccc2)CC1(O)C(F)(F)F. The van der Waals surface area contributed by atoms with Crippen LogP contribution in [0.1, 0.15) is 22.3 Å². The molecule has 27 heavy (non-hydrogen) atoms. The van der Waals surface area contributed by atoms with E-state index in [4.69, 9.17) is 0 Å². The Morgan fingerprint density at radius 1 is 1.15 bits per heavy atom. The van der Waals surface area contributed by atoms with E-state index in [1.807, 2.05) is 0 Å². The van der Waals surface area contributed by atoms with Gasteiger partial charge in [-0.15, -0.1) is 0 Å². The zero-order chi connectivity index (χ0) is 19.8. The van der Waals surface area contributed by atoms with Gasteiger partial charge in [-0.1, -0.05) is 30.3 Å². The highest BCUT2D eigenvalue weighted by atomic mass is 19.4. The number of non-ortho nitro benzene ring substituents is 1. The van der Waals surface area contributed by atoms with Crippen LogP contribution in [0.3, 0.4) is 0 Å². The minimum absolute atomic E-state index is 0.0174. The number of rotatable bonds is 3. The van der Waals surface area contributed by atoms with Crippen LogP contribution in [0.25, 0.3) is 0 Å². The van der Waals surface area contributed by atoms with Gasteiger partial charge in [-0.2, -0.15) is 23.3 Å². The number of hydrazone groups is 1. The Morgan fingerprint density at radius 2 is 1.74 bits per heavy atom. The van der Waals surface area contributed by atoms with Gasteiger partial charge in [0.25, 0.3) is 17.3 Å². The Bertz CT molecular complexity index is 913. The van der Waals surface area contributed by atoms with E-state index in [-0.39, 0.29) is 22.0 Å². The second kappa shape index (κ2) is 6.47. The summed E-state index contributed by atoms with van der Waals surface area (Å²) in [5.41, 5.74) is -3.89. The van der Waals surface area contributed by atoms with Crippen LogP contribution in [0.4, 0.5) is 18.9 Å². The molecule has 0 radical (unpaired) electrons. The third-order valence-corrected chi connectivity index (χ3v) is 4.06. The van der Waals surface area contributed by atoms with Crippen LogP contribution in [0, 0.1) is 10.1 Å². The van der Waals surface area contributed by atoms with E-state index in [9.17, 15) is 33.2 Å². The summed E-state index contributed by atoms with van der Waals surface area (Å²) in [5, 5.41) is 24.6. The second-order valence-electron chi connectivity index (χ2n) is 5.82. The van der Waals surface area contributed by atoms with Crippen molar-refractivity contribution in [1.82, 2.24) is 5.01 Å². The summed E-state index contributed by atoms with van der Waals surface area (Å²) in [6.07, 6.45) is -6.09.